The van der Waals surface area contributed by atoms with Gasteiger partial charge in [0, 0.05) is 32.9 Å². The van der Waals surface area contributed by atoms with Gasteiger partial charge in [-0.3, -0.25) is 20.5 Å². The average molecular weight is 479 g/mol. The number of allylic oxidation sites excluding steroid dienone is 1. The first kappa shape index (κ1) is 22.3. The first-order valence-corrected chi connectivity index (χ1v) is 10.6. The Balaban J connectivity index is 1.69. The smallest absolute Gasteiger partial charge is 0.143 e. The van der Waals surface area contributed by atoms with Crippen molar-refractivity contribution in [3.8, 4) is 0 Å². The lowest BCUT2D eigenvalue weighted by atomic mass is 10.1. The third-order valence-corrected chi connectivity index (χ3v) is 5.44. The Kier molecular flexibility index (Phi) is 6.58. The lowest BCUT2D eigenvalue weighted by Crippen LogP contribution is -2.16. The Morgan fingerprint density at radius 3 is 2.76 bits per heavy atom. The van der Waals surface area contributed by atoms with E-state index in [1.807, 2.05) is 30.3 Å². The summed E-state index contributed by atoms with van der Waals surface area (Å²) in [5.74, 6) is -0.160. The molecule has 0 saturated carbocycles. The van der Waals surface area contributed by atoms with E-state index in [0.29, 0.717) is 39.2 Å². The second kappa shape index (κ2) is 9.72. The van der Waals surface area contributed by atoms with Crippen LogP contribution < -0.4 is 16.8 Å². The first-order chi connectivity index (χ1) is 15.9. The molecule has 7 N–H and O–H groups in total. The number of H-pyrrole nitrogens is 1. The number of pyridine rings is 1. The highest BCUT2D eigenvalue weighted by molar-refractivity contribution is 6.35. The summed E-state index contributed by atoms with van der Waals surface area (Å²) in [5.41, 5.74) is 16.1. The molecule has 2 heterocycles. The molecule has 0 atom stereocenters. The summed E-state index contributed by atoms with van der Waals surface area (Å²) >= 11 is 12.3. The van der Waals surface area contributed by atoms with Crippen LogP contribution >= 0.6 is 23.2 Å². The highest BCUT2D eigenvalue weighted by atomic mass is 35.5. The van der Waals surface area contributed by atoms with Crippen LogP contribution in [-0.4, -0.2) is 26.7 Å². The Hall–Kier alpha value is -3.88. The normalized spacial score (nSPS) is 11.9. The highest BCUT2D eigenvalue weighted by Crippen LogP contribution is 2.25. The van der Waals surface area contributed by atoms with Crippen molar-refractivity contribution in [2.24, 2.45) is 16.5 Å². The standard InChI is InChI=1S/C23H20Cl2N8/c24-16-3-1-13(18(25)8-16)10-29-19(5-6-26)15-7-21(22(23(27)28)30-11-15)32-17-4-2-14-12-31-33-20(14)9-17/h1-9,11-12,32H,10,26H2,(H3,27,28)(H,31,33). The predicted molar refractivity (Wildman–Crippen MR) is 135 cm³/mol. The minimum atomic E-state index is -0.160. The molecule has 0 aliphatic heterocycles. The number of rotatable bonds is 7. The molecule has 0 fully saturated rings. The highest BCUT2D eigenvalue weighted by Gasteiger charge is 2.12. The number of benzene rings is 2. The fourth-order valence-electron chi connectivity index (χ4n) is 3.24. The fraction of sp³-hybridized carbons (Fsp3) is 0.0435. The molecule has 0 spiro atoms. The van der Waals surface area contributed by atoms with E-state index in [9.17, 15) is 0 Å². The lowest BCUT2D eigenvalue weighted by molar-refractivity contribution is 1.07. The molecule has 0 aliphatic rings. The van der Waals surface area contributed by atoms with Crippen LogP contribution in [0.4, 0.5) is 11.4 Å². The zero-order valence-corrected chi connectivity index (χ0v) is 18.8. The third-order valence-electron chi connectivity index (χ3n) is 4.85. The molecule has 0 aliphatic carbocycles. The average Bonchev–Trinajstić information content (AvgIpc) is 3.25. The molecule has 4 aromatic rings. The van der Waals surface area contributed by atoms with Crippen LogP contribution in [0.15, 0.2) is 72.1 Å². The van der Waals surface area contributed by atoms with E-state index in [2.05, 4.69) is 25.5 Å². The van der Waals surface area contributed by atoms with E-state index in [1.165, 1.54) is 6.20 Å². The topological polar surface area (TPSA) is 142 Å². The Bertz CT molecular complexity index is 1390. The fourth-order valence-corrected chi connectivity index (χ4v) is 3.70. The SMILES string of the molecule is N=C(N)c1ncc(C(C=CN)=NCc2ccc(Cl)cc2Cl)cc1Nc1ccc2cn[nH]c2c1. The van der Waals surface area contributed by atoms with Crippen molar-refractivity contribution in [2.75, 3.05) is 5.32 Å². The molecule has 0 unspecified atom stereocenters. The van der Waals surface area contributed by atoms with Gasteiger partial charge in [0.2, 0.25) is 0 Å². The number of nitrogens with two attached hydrogens (primary N) is 2. The van der Waals surface area contributed by atoms with Crippen molar-refractivity contribution in [1.82, 2.24) is 15.2 Å². The van der Waals surface area contributed by atoms with E-state index in [-0.39, 0.29) is 5.84 Å². The van der Waals surface area contributed by atoms with Gasteiger partial charge < -0.3 is 16.8 Å². The molecule has 8 nitrogen and oxygen atoms in total. The number of anilines is 2. The maximum Gasteiger partial charge on any atom is 0.143 e. The zero-order valence-electron chi connectivity index (χ0n) is 17.3. The second-order valence-electron chi connectivity index (χ2n) is 7.13. The van der Waals surface area contributed by atoms with Crippen LogP contribution in [0.5, 0.6) is 0 Å². The molecular weight excluding hydrogens is 459 g/mol. The van der Waals surface area contributed by atoms with Gasteiger partial charge in [-0.05, 0) is 54.2 Å². The van der Waals surface area contributed by atoms with Gasteiger partial charge in [-0.1, -0.05) is 29.3 Å². The quantitative estimate of drug-likeness (QED) is 0.192. The number of hydrogen-bond acceptors (Lipinski definition) is 6. The number of nitrogen functional groups attached to an aromatic ring is 1. The molecule has 166 valence electrons. The summed E-state index contributed by atoms with van der Waals surface area (Å²) in [5, 5.41) is 20.2. The Morgan fingerprint density at radius 1 is 1.15 bits per heavy atom. The Labute approximate surface area is 199 Å². The van der Waals surface area contributed by atoms with Crippen molar-refractivity contribution in [2.45, 2.75) is 6.54 Å². The van der Waals surface area contributed by atoms with Crippen molar-refractivity contribution >= 4 is 57.0 Å². The van der Waals surface area contributed by atoms with Gasteiger partial charge in [-0.2, -0.15) is 5.10 Å². The van der Waals surface area contributed by atoms with Gasteiger partial charge in [-0.15, -0.1) is 0 Å². The largest absolute Gasteiger partial charge is 0.405 e. The number of aromatic nitrogens is 3. The summed E-state index contributed by atoms with van der Waals surface area (Å²) in [4.78, 5) is 9.04. The molecule has 2 aromatic carbocycles. The molecule has 4 rings (SSSR count). The maximum atomic E-state index is 7.91. The van der Waals surface area contributed by atoms with Crippen molar-refractivity contribution in [1.29, 1.82) is 5.41 Å². The van der Waals surface area contributed by atoms with Gasteiger partial charge in [0.1, 0.15) is 11.5 Å². The van der Waals surface area contributed by atoms with Crippen LogP contribution in [0.1, 0.15) is 16.8 Å². The predicted octanol–water partition coefficient (Wildman–Crippen LogP) is 4.75. The molecule has 0 saturated heterocycles. The summed E-state index contributed by atoms with van der Waals surface area (Å²) in [7, 11) is 0. The van der Waals surface area contributed by atoms with E-state index >= 15 is 0 Å². The van der Waals surface area contributed by atoms with Gasteiger partial charge in [0.05, 0.1) is 29.7 Å². The minimum absolute atomic E-state index is 0.160. The molecule has 0 bridgehead atoms. The summed E-state index contributed by atoms with van der Waals surface area (Å²) < 4.78 is 0. The first-order valence-electron chi connectivity index (χ1n) is 9.86. The van der Waals surface area contributed by atoms with E-state index in [1.54, 1.807) is 30.6 Å². The Morgan fingerprint density at radius 2 is 2.00 bits per heavy atom. The zero-order chi connectivity index (χ0) is 23.4. The minimum Gasteiger partial charge on any atom is -0.405 e. The number of aromatic amines is 1. The van der Waals surface area contributed by atoms with Gasteiger partial charge in [-0.25, -0.2) is 0 Å². The van der Waals surface area contributed by atoms with Crippen molar-refractivity contribution in [3.63, 3.8) is 0 Å². The molecular formula is C23H20Cl2N8. The molecule has 0 radical (unpaired) electrons. The number of halogens is 2. The lowest BCUT2D eigenvalue weighted by Gasteiger charge is -2.13. The number of nitrogens with zero attached hydrogens (tertiary/aromatic N) is 3. The molecule has 2 aromatic heterocycles. The van der Waals surface area contributed by atoms with Gasteiger partial charge in [0.15, 0.2) is 0 Å². The van der Waals surface area contributed by atoms with E-state index < -0.39 is 0 Å². The van der Waals surface area contributed by atoms with Crippen LogP contribution in [0.3, 0.4) is 0 Å². The van der Waals surface area contributed by atoms with Crippen LogP contribution in [0, 0.1) is 5.41 Å². The van der Waals surface area contributed by atoms with Gasteiger partial charge >= 0.3 is 0 Å². The summed E-state index contributed by atoms with van der Waals surface area (Å²) in [6.07, 6.45) is 6.43. The van der Waals surface area contributed by atoms with Gasteiger partial charge in [0.25, 0.3) is 0 Å². The van der Waals surface area contributed by atoms with Crippen LogP contribution in [0.2, 0.25) is 10.0 Å². The van der Waals surface area contributed by atoms with Crippen LogP contribution in [0.25, 0.3) is 10.9 Å². The summed E-state index contributed by atoms with van der Waals surface area (Å²) in [6, 6.07) is 12.8. The van der Waals surface area contributed by atoms with E-state index in [0.717, 1.165) is 22.2 Å². The van der Waals surface area contributed by atoms with Crippen molar-refractivity contribution in [3.05, 3.63) is 94.0 Å². The number of fused-ring (bicyclic) bond motifs is 1. The molecule has 0 amide bonds. The number of hydrogen-bond donors (Lipinski definition) is 5. The number of amidine groups is 1. The number of aliphatic imine (C=N–C) groups is 1. The van der Waals surface area contributed by atoms with E-state index in [4.69, 9.17) is 40.1 Å². The summed E-state index contributed by atoms with van der Waals surface area (Å²) in [6.45, 7) is 0.323. The van der Waals surface area contributed by atoms with Crippen LogP contribution in [-0.2, 0) is 6.54 Å². The second-order valence-corrected chi connectivity index (χ2v) is 7.97. The monoisotopic (exact) mass is 478 g/mol. The maximum absolute atomic E-state index is 7.91. The van der Waals surface area contributed by atoms with Crippen molar-refractivity contribution < 1.29 is 0 Å². The number of nitrogens with one attached hydrogen (secondary N) is 3. The third kappa shape index (κ3) is 5.14. The molecule has 10 heteroatoms. The molecule has 33 heavy (non-hydrogen) atoms.